The van der Waals surface area contributed by atoms with Crippen molar-refractivity contribution in [2.45, 2.75) is 19.6 Å². The van der Waals surface area contributed by atoms with Gasteiger partial charge >= 0.3 is 0 Å². The lowest BCUT2D eigenvalue weighted by atomic mass is 10.2. The molecule has 1 atom stereocenters. The Labute approximate surface area is 111 Å². The number of para-hydroxylation sites is 1. The highest BCUT2D eigenvalue weighted by molar-refractivity contribution is 9.10. The Bertz CT molecular complexity index is 625. The maximum atomic E-state index is 12.1. The van der Waals surface area contributed by atoms with E-state index in [4.69, 9.17) is 11.6 Å². The molecular formula is C11H10BrClN2O2. The van der Waals surface area contributed by atoms with E-state index in [1.807, 2.05) is 0 Å². The molecule has 1 heterocycles. The minimum absolute atomic E-state index is 0.0790. The van der Waals surface area contributed by atoms with Gasteiger partial charge in [0, 0.05) is 4.47 Å². The molecule has 6 heteroatoms. The molecule has 1 aromatic heterocycles. The molecule has 0 aliphatic heterocycles. The van der Waals surface area contributed by atoms with Crippen molar-refractivity contribution in [1.82, 2.24) is 9.55 Å². The lowest BCUT2D eigenvalue weighted by Crippen LogP contribution is -2.26. The fraction of sp³-hybridized carbons (Fsp3) is 0.273. The highest BCUT2D eigenvalue weighted by atomic mass is 79.9. The van der Waals surface area contributed by atoms with Gasteiger partial charge in [-0.1, -0.05) is 6.07 Å². The fourth-order valence-electron chi connectivity index (χ4n) is 1.61. The zero-order valence-electron chi connectivity index (χ0n) is 9.02. The van der Waals surface area contributed by atoms with Crippen LogP contribution in [0.15, 0.2) is 27.5 Å². The Balaban J connectivity index is 2.77. The normalized spacial score (nSPS) is 12.9. The van der Waals surface area contributed by atoms with Gasteiger partial charge in [0.15, 0.2) is 0 Å². The van der Waals surface area contributed by atoms with Crippen molar-refractivity contribution in [1.29, 1.82) is 0 Å². The summed E-state index contributed by atoms with van der Waals surface area (Å²) in [6.45, 7) is 1.72. The first-order valence-corrected chi connectivity index (χ1v) is 6.20. The third-order valence-electron chi connectivity index (χ3n) is 2.34. The Morgan fingerprint density at radius 1 is 1.59 bits per heavy atom. The van der Waals surface area contributed by atoms with Crippen LogP contribution in [0.1, 0.15) is 6.92 Å². The first-order chi connectivity index (χ1) is 8.00. The van der Waals surface area contributed by atoms with Crippen molar-refractivity contribution in [2.75, 3.05) is 0 Å². The molecule has 0 saturated carbocycles. The van der Waals surface area contributed by atoms with Gasteiger partial charge in [-0.3, -0.25) is 9.36 Å². The minimum atomic E-state index is -0.656. The number of aliphatic hydroxyl groups excluding tert-OH is 1. The molecule has 4 nitrogen and oxygen atoms in total. The highest BCUT2D eigenvalue weighted by Crippen LogP contribution is 2.21. The van der Waals surface area contributed by atoms with E-state index in [-0.39, 0.29) is 17.4 Å². The maximum Gasteiger partial charge on any atom is 0.262 e. The van der Waals surface area contributed by atoms with Gasteiger partial charge in [-0.2, -0.15) is 0 Å². The number of hydrogen-bond donors (Lipinski definition) is 1. The first-order valence-electron chi connectivity index (χ1n) is 5.03. The van der Waals surface area contributed by atoms with Gasteiger partial charge < -0.3 is 5.11 Å². The number of aliphatic hydroxyl groups is 1. The van der Waals surface area contributed by atoms with Crippen molar-refractivity contribution >= 4 is 38.4 Å². The van der Waals surface area contributed by atoms with Crippen LogP contribution in [0.5, 0.6) is 0 Å². The predicted octanol–water partition coefficient (Wildman–Crippen LogP) is 2.19. The zero-order chi connectivity index (χ0) is 12.6. The minimum Gasteiger partial charge on any atom is -0.392 e. The summed E-state index contributed by atoms with van der Waals surface area (Å²) in [4.78, 5) is 16.3. The van der Waals surface area contributed by atoms with Crippen LogP contribution in [-0.4, -0.2) is 20.8 Å². The summed E-state index contributed by atoms with van der Waals surface area (Å²) in [7, 11) is 0. The molecule has 1 aromatic carbocycles. The molecule has 0 saturated heterocycles. The lowest BCUT2D eigenvalue weighted by Gasteiger charge is -2.11. The van der Waals surface area contributed by atoms with E-state index in [9.17, 15) is 9.90 Å². The second-order valence-electron chi connectivity index (χ2n) is 3.78. The topological polar surface area (TPSA) is 55.1 Å². The molecule has 0 bridgehead atoms. The van der Waals surface area contributed by atoms with Crippen LogP contribution >= 0.6 is 27.5 Å². The SMILES string of the molecule is CC(O)Cn1c(Cl)nc2c(Br)cccc2c1=O. The summed E-state index contributed by atoms with van der Waals surface area (Å²) >= 11 is 9.27. The smallest absolute Gasteiger partial charge is 0.262 e. The zero-order valence-corrected chi connectivity index (χ0v) is 11.4. The van der Waals surface area contributed by atoms with Crippen LogP contribution in [0.3, 0.4) is 0 Å². The maximum absolute atomic E-state index is 12.1. The van der Waals surface area contributed by atoms with Gasteiger partial charge in [0.25, 0.3) is 5.56 Å². The Hall–Kier alpha value is -0.910. The molecule has 90 valence electrons. The Kier molecular flexibility index (Phi) is 3.51. The number of hydrogen-bond acceptors (Lipinski definition) is 3. The third kappa shape index (κ3) is 2.36. The molecule has 1 unspecified atom stereocenters. The standard InChI is InChI=1S/C11H10BrClN2O2/c1-6(16)5-15-10(17)7-3-2-4-8(12)9(7)14-11(15)13/h2-4,6,16H,5H2,1H3. The Morgan fingerprint density at radius 3 is 2.94 bits per heavy atom. The largest absolute Gasteiger partial charge is 0.392 e. The fourth-order valence-corrected chi connectivity index (χ4v) is 2.29. The predicted molar refractivity (Wildman–Crippen MR) is 70.4 cm³/mol. The summed E-state index contributed by atoms with van der Waals surface area (Å²) in [5.41, 5.74) is 0.284. The first kappa shape index (κ1) is 12.5. The van der Waals surface area contributed by atoms with Crippen molar-refractivity contribution in [3.8, 4) is 0 Å². The van der Waals surface area contributed by atoms with E-state index < -0.39 is 6.10 Å². The summed E-state index contributed by atoms with van der Waals surface area (Å²) in [5, 5.41) is 9.88. The summed E-state index contributed by atoms with van der Waals surface area (Å²) in [6.07, 6.45) is -0.656. The molecule has 2 rings (SSSR count). The van der Waals surface area contributed by atoms with Crippen LogP contribution in [0, 0.1) is 0 Å². The van der Waals surface area contributed by atoms with Gasteiger partial charge in [-0.05, 0) is 46.6 Å². The van der Waals surface area contributed by atoms with Crippen molar-refractivity contribution < 1.29 is 5.11 Å². The number of aromatic nitrogens is 2. The third-order valence-corrected chi connectivity index (χ3v) is 3.26. The van der Waals surface area contributed by atoms with E-state index in [0.29, 0.717) is 10.9 Å². The van der Waals surface area contributed by atoms with Crippen LogP contribution < -0.4 is 5.56 Å². The van der Waals surface area contributed by atoms with Gasteiger partial charge in [0.05, 0.1) is 23.6 Å². The monoisotopic (exact) mass is 316 g/mol. The van der Waals surface area contributed by atoms with Crippen molar-refractivity contribution in [3.63, 3.8) is 0 Å². The van der Waals surface area contributed by atoms with E-state index in [2.05, 4.69) is 20.9 Å². The number of halogens is 2. The Morgan fingerprint density at radius 2 is 2.29 bits per heavy atom. The summed E-state index contributed by atoms with van der Waals surface area (Å²) in [6, 6.07) is 5.24. The van der Waals surface area contributed by atoms with E-state index in [1.165, 1.54) is 4.57 Å². The van der Waals surface area contributed by atoms with Gasteiger partial charge in [-0.25, -0.2) is 4.98 Å². The van der Waals surface area contributed by atoms with Crippen LogP contribution in [-0.2, 0) is 6.54 Å². The summed E-state index contributed by atoms with van der Waals surface area (Å²) in [5.74, 6) is 0. The van der Waals surface area contributed by atoms with E-state index in [1.54, 1.807) is 25.1 Å². The van der Waals surface area contributed by atoms with Crippen LogP contribution in [0.4, 0.5) is 0 Å². The van der Waals surface area contributed by atoms with Gasteiger partial charge in [-0.15, -0.1) is 0 Å². The summed E-state index contributed by atoms with van der Waals surface area (Å²) < 4.78 is 1.99. The molecule has 0 aliphatic rings. The van der Waals surface area contributed by atoms with Crippen molar-refractivity contribution in [3.05, 3.63) is 38.3 Å². The molecule has 1 N–H and O–H groups in total. The molecule has 0 radical (unpaired) electrons. The molecule has 0 spiro atoms. The molecule has 17 heavy (non-hydrogen) atoms. The molecule has 0 amide bonds. The van der Waals surface area contributed by atoms with E-state index >= 15 is 0 Å². The lowest BCUT2D eigenvalue weighted by molar-refractivity contribution is 0.172. The number of rotatable bonds is 2. The quantitative estimate of drug-likeness (QED) is 0.864. The average Bonchev–Trinajstić information content (AvgIpc) is 2.26. The highest BCUT2D eigenvalue weighted by Gasteiger charge is 2.12. The average molecular weight is 318 g/mol. The number of benzene rings is 1. The van der Waals surface area contributed by atoms with Crippen LogP contribution in [0.25, 0.3) is 10.9 Å². The van der Waals surface area contributed by atoms with Gasteiger partial charge in [0.2, 0.25) is 5.28 Å². The van der Waals surface area contributed by atoms with E-state index in [0.717, 1.165) is 4.47 Å². The second-order valence-corrected chi connectivity index (χ2v) is 4.97. The number of nitrogens with zero attached hydrogens (tertiary/aromatic N) is 2. The van der Waals surface area contributed by atoms with Gasteiger partial charge in [0.1, 0.15) is 0 Å². The van der Waals surface area contributed by atoms with Crippen LogP contribution in [0.2, 0.25) is 5.28 Å². The molecule has 0 fully saturated rings. The molecule has 2 aromatic rings. The van der Waals surface area contributed by atoms with Crippen molar-refractivity contribution in [2.24, 2.45) is 0 Å². The molecule has 0 aliphatic carbocycles. The second kappa shape index (κ2) is 4.76. The number of fused-ring (bicyclic) bond motifs is 1. The molecular weight excluding hydrogens is 307 g/mol.